The number of aliphatic hydroxyl groups excluding tert-OH is 1. The molecule has 0 aliphatic heterocycles. The monoisotopic (exact) mass is 203 g/mol. The molecule has 0 spiro atoms. The summed E-state index contributed by atoms with van der Waals surface area (Å²) in [5.41, 5.74) is 6.18. The van der Waals surface area contributed by atoms with E-state index in [1.54, 1.807) is 0 Å². The molecule has 0 amide bonds. The Balaban J connectivity index is 2.74. The van der Waals surface area contributed by atoms with Crippen molar-refractivity contribution in [2.75, 3.05) is 6.61 Å². The molecule has 1 aromatic carbocycles. The van der Waals surface area contributed by atoms with E-state index in [0.717, 1.165) is 6.42 Å². The Kier molecular flexibility index (Phi) is 2.53. The van der Waals surface area contributed by atoms with Gasteiger partial charge in [-0.1, -0.05) is 11.6 Å². The molecule has 0 aliphatic carbocycles. The van der Waals surface area contributed by atoms with Crippen LogP contribution in [0.4, 0.5) is 0 Å². The van der Waals surface area contributed by atoms with Crippen molar-refractivity contribution in [2.45, 2.75) is 27.2 Å². The molecule has 0 bridgehead atoms. The second kappa shape index (κ2) is 3.70. The van der Waals surface area contributed by atoms with Crippen LogP contribution in [0.25, 0.3) is 10.9 Å². The number of nitrogens with one attached hydrogen (secondary N) is 1. The fraction of sp³-hybridized carbons (Fsp3) is 0.385. The van der Waals surface area contributed by atoms with Crippen LogP contribution >= 0.6 is 0 Å². The number of H-pyrrole nitrogens is 1. The van der Waals surface area contributed by atoms with Crippen molar-refractivity contribution in [3.05, 3.63) is 34.5 Å². The molecule has 2 nitrogen and oxygen atoms in total. The molecular formula is C13H17NO. The number of hydrogen-bond acceptors (Lipinski definition) is 1. The van der Waals surface area contributed by atoms with Crippen molar-refractivity contribution < 1.29 is 5.11 Å². The molecule has 2 rings (SSSR count). The van der Waals surface area contributed by atoms with Crippen LogP contribution < -0.4 is 0 Å². The maximum absolute atomic E-state index is 9.05. The maximum Gasteiger partial charge on any atom is 0.0488 e. The van der Waals surface area contributed by atoms with Gasteiger partial charge in [0.2, 0.25) is 0 Å². The van der Waals surface area contributed by atoms with Crippen LogP contribution in [-0.4, -0.2) is 16.7 Å². The topological polar surface area (TPSA) is 36.0 Å². The van der Waals surface area contributed by atoms with E-state index >= 15 is 0 Å². The Bertz CT molecular complexity index is 497. The third-order valence-electron chi connectivity index (χ3n) is 2.93. The van der Waals surface area contributed by atoms with Crippen LogP contribution in [0, 0.1) is 20.8 Å². The lowest BCUT2D eigenvalue weighted by atomic mass is 10.0. The molecule has 1 heterocycles. The molecule has 0 saturated heterocycles. The number of aliphatic hydroxyl groups is 1. The summed E-state index contributed by atoms with van der Waals surface area (Å²) in [4.78, 5) is 3.40. The van der Waals surface area contributed by atoms with Gasteiger partial charge in [-0.3, -0.25) is 0 Å². The lowest BCUT2D eigenvalue weighted by Crippen LogP contribution is -1.91. The Labute approximate surface area is 89.9 Å². The van der Waals surface area contributed by atoms with Crippen molar-refractivity contribution in [1.82, 2.24) is 4.98 Å². The Morgan fingerprint density at radius 3 is 2.60 bits per heavy atom. The lowest BCUT2D eigenvalue weighted by molar-refractivity contribution is 0.300. The van der Waals surface area contributed by atoms with Crippen LogP contribution in [0.5, 0.6) is 0 Å². The van der Waals surface area contributed by atoms with Gasteiger partial charge in [0.25, 0.3) is 0 Å². The normalized spacial score (nSPS) is 11.2. The van der Waals surface area contributed by atoms with Gasteiger partial charge < -0.3 is 10.1 Å². The molecule has 0 saturated carbocycles. The number of aromatic amines is 1. The van der Waals surface area contributed by atoms with Gasteiger partial charge in [-0.05, 0) is 44.4 Å². The van der Waals surface area contributed by atoms with Crippen LogP contribution in [0.15, 0.2) is 12.1 Å². The predicted molar refractivity (Wildman–Crippen MR) is 63.3 cm³/mol. The molecule has 0 fully saturated rings. The van der Waals surface area contributed by atoms with Gasteiger partial charge in [0.1, 0.15) is 0 Å². The zero-order valence-electron chi connectivity index (χ0n) is 9.52. The van der Waals surface area contributed by atoms with E-state index in [1.807, 2.05) is 0 Å². The highest BCUT2D eigenvalue weighted by molar-refractivity contribution is 5.87. The molecule has 0 atom stereocenters. The molecule has 2 N–H and O–H groups in total. The number of hydrogen-bond donors (Lipinski definition) is 2. The molecule has 15 heavy (non-hydrogen) atoms. The van der Waals surface area contributed by atoms with Crippen LogP contribution in [-0.2, 0) is 6.42 Å². The quantitative estimate of drug-likeness (QED) is 0.773. The first kappa shape index (κ1) is 10.2. The average Bonchev–Trinajstić information content (AvgIpc) is 2.46. The molecule has 0 aliphatic rings. The third kappa shape index (κ3) is 1.65. The SMILES string of the molecule is Cc1cc(C)c2[nH]c(C)c(CCO)c2c1. The van der Waals surface area contributed by atoms with E-state index < -0.39 is 0 Å². The first-order chi connectivity index (χ1) is 7.13. The van der Waals surface area contributed by atoms with Crippen molar-refractivity contribution in [3.63, 3.8) is 0 Å². The van der Waals surface area contributed by atoms with Crippen molar-refractivity contribution in [2.24, 2.45) is 0 Å². The highest BCUT2D eigenvalue weighted by Crippen LogP contribution is 2.26. The molecule has 2 heteroatoms. The summed E-state index contributed by atoms with van der Waals surface area (Å²) in [7, 11) is 0. The predicted octanol–water partition coefficient (Wildman–Crippen LogP) is 2.63. The van der Waals surface area contributed by atoms with Crippen molar-refractivity contribution >= 4 is 10.9 Å². The van der Waals surface area contributed by atoms with E-state index in [1.165, 1.54) is 33.3 Å². The van der Waals surface area contributed by atoms with Crippen LogP contribution in [0.2, 0.25) is 0 Å². The second-order valence-corrected chi connectivity index (χ2v) is 4.21. The van der Waals surface area contributed by atoms with Gasteiger partial charge in [0.05, 0.1) is 0 Å². The largest absolute Gasteiger partial charge is 0.396 e. The van der Waals surface area contributed by atoms with E-state index in [4.69, 9.17) is 5.11 Å². The Morgan fingerprint density at radius 1 is 1.20 bits per heavy atom. The first-order valence-electron chi connectivity index (χ1n) is 5.32. The molecule has 2 aromatic rings. The minimum Gasteiger partial charge on any atom is -0.396 e. The van der Waals surface area contributed by atoms with E-state index in [2.05, 4.69) is 37.9 Å². The highest BCUT2D eigenvalue weighted by atomic mass is 16.2. The van der Waals surface area contributed by atoms with Gasteiger partial charge in [0.15, 0.2) is 0 Å². The number of aromatic nitrogens is 1. The van der Waals surface area contributed by atoms with Gasteiger partial charge in [-0.15, -0.1) is 0 Å². The standard InChI is InChI=1S/C13H17NO/c1-8-6-9(2)13-12(7-8)11(4-5-15)10(3)14-13/h6-7,14-15H,4-5H2,1-3H3. The minimum atomic E-state index is 0.209. The first-order valence-corrected chi connectivity index (χ1v) is 5.32. The summed E-state index contributed by atoms with van der Waals surface area (Å²) in [6.45, 7) is 6.51. The van der Waals surface area contributed by atoms with E-state index in [9.17, 15) is 0 Å². The summed E-state index contributed by atoms with van der Waals surface area (Å²) in [6.07, 6.45) is 0.731. The van der Waals surface area contributed by atoms with Crippen LogP contribution in [0.3, 0.4) is 0 Å². The summed E-state index contributed by atoms with van der Waals surface area (Å²) in [5.74, 6) is 0. The summed E-state index contributed by atoms with van der Waals surface area (Å²) < 4.78 is 0. The van der Waals surface area contributed by atoms with Crippen molar-refractivity contribution in [1.29, 1.82) is 0 Å². The smallest absolute Gasteiger partial charge is 0.0488 e. The zero-order chi connectivity index (χ0) is 11.0. The van der Waals surface area contributed by atoms with E-state index in [-0.39, 0.29) is 6.61 Å². The molecule has 0 radical (unpaired) electrons. The molecule has 80 valence electrons. The highest BCUT2D eigenvalue weighted by Gasteiger charge is 2.09. The number of aryl methyl sites for hydroxylation is 3. The van der Waals surface area contributed by atoms with Gasteiger partial charge in [-0.25, -0.2) is 0 Å². The summed E-state index contributed by atoms with van der Waals surface area (Å²) >= 11 is 0. The van der Waals surface area contributed by atoms with Crippen LogP contribution in [0.1, 0.15) is 22.4 Å². The number of benzene rings is 1. The molecule has 0 unspecified atom stereocenters. The summed E-state index contributed by atoms with van der Waals surface area (Å²) in [6, 6.07) is 4.37. The summed E-state index contributed by atoms with van der Waals surface area (Å²) in [5, 5.41) is 10.3. The maximum atomic E-state index is 9.05. The lowest BCUT2D eigenvalue weighted by Gasteiger charge is -2.01. The Hall–Kier alpha value is -1.28. The third-order valence-corrected chi connectivity index (χ3v) is 2.93. The number of rotatable bonds is 2. The minimum absolute atomic E-state index is 0.209. The van der Waals surface area contributed by atoms with Gasteiger partial charge in [0, 0.05) is 23.2 Å². The fourth-order valence-electron chi connectivity index (χ4n) is 2.27. The fourth-order valence-corrected chi connectivity index (χ4v) is 2.27. The molecule has 1 aromatic heterocycles. The zero-order valence-corrected chi connectivity index (χ0v) is 9.52. The second-order valence-electron chi connectivity index (χ2n) is 4.21. The van der Waals surface area contributed by atoms with Gasteiger partial charge in [-0.2, -0.15) is 0 Å². The van der Waals surface area contributed by atoms with E-state index in [0.29, 0.717) is 0 Å². The van der Waals surface area contributed by atoms with Crippen molar-refractivity contribution in [3.8, 4) is 0 Å². The number of fused-ring (bicyclic) bond motifs is 1. The average molecular weight is 203 g/mol. The van der Waals surface area contributed by atoms with Gasteiger partial charge >= 0.3 is 0 Å². The Morgan fingerprint density at radius 2 is 1.93 bits per heavy atom. The molecular weight excluding hydrogens is 186 g/mol.